The fraction of sp³-hybridized carbons (Fsp3) is 0.350. The lowest BCUT2D eigenvalue weighted by molar-refractivity contribution is 0.102. The highest BCUT2D eigenvalue weighted by atomic mass is 79.9. The Morgan fingerprint density at radius 2 is 1.62 bits per heavy atom. The van der Waals surface area contributed by atoms with E-state index in [-0.39, 0.29) is 5.91 Å². The standard InChI is InChI=1S/C20H24BrNO2/c1-2-3-4-5-6-15-24-19-13-11-18(12-14-19)22-20(23)16-7-9-17(21)10-8-16/h7-14H,2-6,15H2,1H3,(H,22,23). The third-order valence-electron chi connectivity index (χ3n) is 3.74. The normalized spacial score (nSPS) is 10.4. The zero-order valence-electron chi connectivity index (χ0n) is 14.1. The van der Waals surface area contributed by atoms with E-state index in [9.17, 15) is 4.79 Å². The second-order valence-corrected chi connectivity index (χ2v) is 6.66. The van der Waals surface area contributed by atoms with Crippen molar-refractivity contribution in [2.45, 2.75) is 39.0 Å². The van der Waals surface area contributed by atoms with Gasteiger partial charge in [-0.25, -0.2) is 0 Å². The maximum atomic E-state index is 12.1. The van der Waals surface area contributed by atoms with Gasteiger partial charge in [-0.05, 0) is 55.0 Å². The van der Waals surface area contributed by atoms with Gasteiger partial charge in [-0.1, -0.05) is 48.5 Å². The molecule has 1 N–H and O–H groups in total. The smallest absolute Gasteiger partial charge is 0.255 e. The average Bonchev–Trinajstić information content (AvgIpc) is 2.60. The number of hydrogen-bond acceptors (Lipinski definition) is 2. The number of nitrogens with one attached hydrogen (secondary N) is 1. The van der Waals surface area contributed by atoms with Gasteiger partial charge in [0.05, 0.1) is 6.61 Å². The summed E-state index contributed by atoms with van der Waals surface area (Å²) in [6, 6.07) is 14.8. The molecule has 128 valence electrons. The molecular weight excluding hydrogens is 366 g/mol. The number of carbonyl (C=O) groups is 1. The Bertz CT molecular complexity index is 623. The molecule has 0 aliphatic carbocycles. The first-order valence-corrected chi connectivity index (χ1v) is 9.28. The third-order valence-corrected chi connectivity index (χ3v) is 4.26. The Morgan fingerprint density at radius 3 is 2.29 bits per heavy atom. The topological polar surface area (TPSA) is 38.3 Å². The fourth-order valence-electron chi connectivity index (χ4n) is 2.33. The summed E-state index contributed by atoms with van der Waals surface area (Å²) in [7, 11) is 0. The molecule has 3 nitrogen and oxygen atoms in total. The summed E-state index contributed by atoms with van der Waals surface area (Å²) >= 11 is 3.36. The van der Waals surface area contributed by atoms with E-state index in [1.165, 1.54) is 25.7 Å². The molecule has 1 amide bonds. The molecule has 2 aromatic rings. The number of rotatable bonds is 9. The quantitative estimate of drug-likeness (QED) is 0.529. The predicted octanol–water partition coefficient (Wildman–Crippen LogP) is 6.05. The summed E-state index contributed by atoms with van der Waals surface area (Å²) in [5.74, 6) is 0.722. The van der Waals surface area contributed by atoms with Crippen LogP contribution in [0, 0.1) is 0 Å². The highest BCUT2D eigenvalue weighted by Crippen LogP contribution is 2.18. The zero-order valence-corrected chi connectivity index (χ0v) is 15.6. The van der Waals surface area contributed by atoms with Crippen LogP contribution in [0.2, 0.25) is 0 Å². The van der Waals surface area contributed by atoms with Crippen molar-refractivity contribution in [3.63, 3.8) is 0 Å². The molecule has 24 heavy (non-hydrogen) atoms. The average molecular weight is 390 g/mol. The molecule has 0 radical (unpaired) electrons. The first-order chi connectivity index (χ1) is 11.7. The Balaban J connectivity index is 1.77. The van der Waals surface area contributed by atoms with Crippen molar-refractivity contribution in [2.24, 2.45) is 0 Å². The molecule has 0 atom stereocenters. The first-order valence-electron chi connectivity index (χ1n) is 8.49. The van der Waals surface area contributed by atoms with E-state index in [0.29, 0.717) is 5.56 Å². The van der Waals surface area contributed by atoms with E-state index in [2.05, 4.69) is 28.2 Å². The third kappa shape index (κ3) is 6.36. The van der Waals surface area contributed by atoms with Gasteiger partial charge in [0.15, 0.2) is 0 Å². The molecule has 0 aromatic heterocycles. The minimum absolute atomic E-state index is 0.118. The molecule has 0 saturated heterocycles. The van der Waals surface area contributed by atoms with Crippen LogP contribution in [-0.2, 0) is 0 Å². The van der Waals surface area contributed by atoms with Gasteiger partial charge in [-0.3, -0.25) is 4.79 Å². The lowest BCUT2D eigenvalue weighted by atomic mass is 10.2. The van der Waals surface area contributed by atoms with Crippen molar-refractivity contribution in [3.8, 4) is 5.75 Å². The lowest BCUT2D eigenvalue weighted by Gasteiger charge is -2.08. The van der Waals surface area contributed by atoms with Gasteiger partial charge in [0.2, 0.25) is 0 Å². The van der Waals surface area contributed by atoms with Crippen LogP contribution >= 0.6 is 15.9 Å². The van der Waals surface area contributed by atoms with Gasteiger partial charge >= 0.3 is 0 Å². The van der Waals surface area contributed by atoms with Crippen LogP contribution in [0.25, 0.3) is 0 Å². The van der Waals surface area contributed by atoms with Crippen LogP contribution in [-0.4, -0.2) is 12.5 Å². The molecule has 0 bridgehead atoms. The van der Waals surface area contributed by atoms with E-state index >= 15 is 0 Å². The maximum Gasteiger partial charge on any atom is 0.255 e. The fourth-order valence-corrected chi connectivity index (χ4v) is 2.60. The SMILES string of the molecule is CCCCCCCOc1ccc(NC(=O)c2ccc(Br)cc2)cc1. The van der Waals surface area contributed by atoms with Crippen molar-refractivity contribution in [2.75, 3.05) is 11.9 Å². The lowest BCUT2D eigenvalue weighted by Crippen LogP contribution is -2.11. The Kier molecular flexibility index (Phi) is 7.83. The monoisotopic (exact) mass is 389 g/mol. The van der Waals surface area contributed by atoms with Crippen LogP contribution in [0.3, 0.4) is 0 Å². The predicted molar refractivity (Wildman–Crippen MR) is 103 cm³/mol. The van der Waals surface area contributed by atoms with Crippen LogP contribution in [0.4, 0.5) is 5.69 Å². The minimum Gasteiger partial charge on any atom is -0.494 e. The number of carbonyl (C=O) groups excluding carboxylic acids is 1. The largest absolute Gasteiger partial charge is 0.494 e. The number of unbranched alkanes of at least 4 members (excludes halogenated alkanes) is 4. The van der Waals surface area contributed by atoms with E-state index < -0.39 is 0 Å². The summed E-state index contributed by atoms with van der Waals surface area (Å²) in [4.78, 5) is 12.1. The molecule has 0 saturated carbocycles. The first kappa shape index (κ1) is 18.5. The number of halogens is 1. The highest BCUT2D eigenvalue weighted by Gasteiger charge is 2.05. The van der Waals surface area contributed by atoms with Gasteiger partial charge in [-0.15, -0.1) is 0 Å². The number of amides is 1. The van der Waals surface area contributed by atoms with Crippen molar-refractivity contribution in [3.05, 3.63) is 58.6 Å². The summed E-state index contributed by atoms with van der Waals surface area (Å²) in [5, 5.41) is 2.89. The van der Waals surface area contributed by atoms with Crippen LogP contribution in [0.1, 0.15) is 49.4 Å². The second-order valence-electron chi connectivity index (χ2n) is 5.75. The van der Waals surface area contributed by atoms with E-state index in [1.54, 1.807) is 12.1 Å². The molecule has 2 rings (SSSR count). The molecule has 0 unspecified atom stereocenters. The summed E-state index contributed by atoms with van der Waals surface area (Å²) in [6.45, 7) is 2.96. The van der Waals surface area contributed by atoms with Crippen LogP contribution in [0.5, 0.6) is 5.75 Å². The highest BCUT2D eigenvalue weighted by molar-refractivity contribution is 9.10. The molecular formula is C20H24BrNO2. The van der Waals surface area contributed by atoms with Crippen molar-refractivity contribution in [1.82, 2.24) is 0 Å². The van der Waals surface area contributed by atoms with Crippen molar-refractivity contribution >= 4 is 27.5 Å². The van der Waals surface area contributed by atoms with E-state index in [4.69, 9.17) is 4.74 Å². The number of hydrogen-bond donors (Lipinski definition) is 1. The maximum absolute atomic E-state index is 12.1. The van der Waals surface area contributed by atoms with Crippen LogP contribution in [0.15, 0.2) is 53.0 Å². The minimum atomic E-state index is -0.118. The van der Waals surface area contributed by atoms with Crippen molar-refractivity contribution in [1.29, 1.82) is 0 Å². The Morgan fingerprint density at radius 1 is 0.958 bits per heavy atom. The molecule has 0 aliphatic rings. The summed E-state index contributed by atoms with van der Waals surface area (Å²) in [5.41, 5.74) is 1.39. The molecule has 0 spiro atoms. The van der Waals surface area contributed by atoms with Gasteiger partial charge in [-0.2, -0.15) is 0 Å². The van der Waals surface area contributed by atoms with E-state index in [0.717, 1.165) is 28.9 Å². The number of anilines is 1. The molecule has 0 aliphatic heterocycles. The Hall–Kier alpha value is -1.81. The number of ether oxygens (including phenoxy) is 1. The second kappa shape index (κ2) is 10.1. The molecule has 2 aromatic carbocycles. The van der Waals surface area contributed by atoms with Gasteiger partial charge in [0, 0.05) is 15.7 Å². The zero-order chi connectivity index (χ0) is 17.2. The summed E-state index contributed by atoms with van der Waals surface area (Å²) < 4.78 is 6.68. The molecule has 0 heterocycles. The Labute approximate surface area is 152 Å². The van der Waals surface area contributed by atoms with Gasteiger partial charge < -0.3 is 10.1 Å². The van der Waals surface area contributed by atoms with Gasteiger partial charge in [0.1, 0.15) is 5.75 Å². The number of benzene rings is 2. The molecule has 0 fully saturated rings. The van der Waals surface area contributed by atoms with Crippen molar-refractivity contribution < 1.29 is 9.53 Å². The summed E-state index contributed by atoms with van der Waals surface area (Å²) in [6.07, 6.45) is 6.14. The van der Waals surface area contributed by atoms with E-state index in [1.807, 2.05) is 36.4 Å². The van der Waals surface area contributed by atoms with Crippen LogP contribution < -0.4 is 10.1 Å². The van der Waals surface area contributed by atoms with Gasteiger partial charge in [0.25, 0.3) is 5.91 Å². The molecule has 4 heteroatoms.